The van der Waals surface area contributed by atoms with E-state index in [4.69, 9.17) is 9.94 Å². The first-order valence-electron chi connectivity index (χ1n) is 8.45. The first-order valence-corrected chi connectivity index (χ1v) is 8.45. The van der Waals surface area contributed by atoms with E-state index < -0.39 is 5.91 Å². The molecule has 2 N–H and O–H groups in total. The Morgan fingerprint density at radius 2 is 1.81 bits per heavy atom. The van der Waals surface area contributed by atoms with E-state index in [0.717, 1.165) is 22.4 Å². The van der Waals surface area contributed by atoms with Gasteiger partial charge in [0.25, 0.3) is 5.91 Å². The molecule has 0 spiro atoms. The van der Waals surface area contributed by atoms with E-state index >= 15 is 0 Å². The fraction of sp³-hybridized carbons (Fsp3) is 0.0476. The summed E-state index contributed by atoms with van der Waals surface area (Å²) in [5.74, 6) is 0.990. The van der Waals surface area contributed by atoms with Gasteiger partial charge in [0, 0.05) is 17.1 Å². The van der Waals surface area contributed by atoms with E-state index in [1.807, 2.05) is 65.5 Å². The SMILES string of the molecule is O=C(NO)c1ccc2cn(Cc3cccc(Oc4ccccc4)c3)nc2c1. The molecule has 0 saturated carbocycles. The molecule has 0 bridgehead atoms. The molecule has 0 aliphatic carbocycles. The van der Waals surface area contributed by atoms with Crippen molar-refractivity contribution in [2.24, 2.45) is 0 Å². The smallest absolute Gasteiger partial charge is 0.274 e. The number of amides is 1. The molecule has 0 fully saturated rings. The molecule has 0 aliphatic heterocycles. The van der Waals surface area contributed by atoms with Crippen molar-refractivity contribution >= 4 is 16.8 Å². The molecule has 1 heterocycles. The van der Waals surface area contributed by atoms with Gasteiger partial charge in [-0.15, -0.1) is 0 Å². The summed E-state index contributed by atoms with van der Waals surface area (Å²) in [7, 11) is 0. The number of rotatable bonds is 5. The van der Waals surface area contributed by atoms with Gasteiger partial charge < -0.3 is 4.74 Å². The van der Waals surface area contributed by atoms with Gasteiger partial charge in [-0.25, -0.2) is 5.48 Å². The number of fused-ring (bicyclic) bond motifs is 1. The number of carbonyl (C=O) groups excluding carboxylic acids is 1. The Kier molecular flexibility index (Phi) is 4.55. The maximum absolute atomic E-state index is 11.5. The van der Waals surface area contributed by atoms with E-state index in [1.54, 1.807) is 23.7 Å². The topological polar surface area (TPSA) is 76.4 Å². The molecule has 6 nitrogen and oxygen atoms in total. The maximum atomic E-state index is 11.5. The zero-order chi connectivity index (χ0) is 18.6. The Balaban J connectivity index is 1.55. The molecule has 0 saturated heterocycles. The van der Waals surface area contributed by atoms with E-state index in [2.05, 4.69) is 5.10 Å². The van der Waals surface area contributed by atoms with Crippen molar-refractivity contribution in [3.63, 3.8) is 0 Å². The lowest BCUT2D eigenvalue weighted by atomic mass is 10.1. The molecular formula is C21H17N3O3. The molecule has 0 atom stereocenters. The third-order valence-electron chi connectivity index (χ3n) is 4.14. The van der Waals surface area contributed by atoms with Crippen LogP contribution in [0.2, 0.25) is 0 Å². The molecule has 6 heteroatoms. The molecule has 134 valence electrons. The summed E-state index contributed by atoms with van der Waals surface area (Å²) >= 11 is 0. The fourth-order valence-electron chi connectivity index (χ4n) is 2.87. The summed E-state index contributed by atoms with van der Waals surface area (Å²) in [6, 6.07) is 22.6. The number of ether oxygens (including phenoxy) is 1. The fourth-order valence-corrected chi connectivity index (χ4v) is 2.87. The third-order valence-corrected chi connectivity index (χ3v) is 4.14. The Labute approximate surface area is 155 Å². The highest BCUT2D eigenvalue weighted by molar-refractivity contribution is 5.97. The molecule has 4 aromatic rings. The Hall–Kier alpha value is -3.64. The number of carbonyl (C=O) groups is 1. The van der Waals surface area contributed by atoms with Crippen LogP contribution in [-0.4, -0.2) is 20.9 Å². The van der Waals surface area contributed by atoms with Crippen LogP contribution in [-0.2, 0) is 6.54 Å². The number of aromatic nitrogens is 2. The van der Waals surface area contributed by atoms with E-state index in [0.29, 0.717) is 17.6 Å². The molecule has 1 aromatic heterocycles. The summed E-state index contributed by atoms with van der Waals surface area (Å²) in [5, 5.41) is 14.2. The zero-order valence-corrected chi connectivity index (χ0v) is 14.4. The standard InChI is InChI=1S/C21H17N3O3/c25-21(23-26)16-9-10-17-14-24(22-20(17)12-16)13-15-5-4-8-19(11-15)27-18-6-2-1-3-7-18/h1-12,14,26H,13H2,(H,23,25). The molecule has 0 radical (unpaired) electrons. The largest absolute Gasteiger partial charge is 0.457 e. The quantitative estimate of drug-likeness (QED) is 0.417. The van der Waals surface area contributed by atoms with E-state index in [9.17, 15) is 4.79 Å². The highest BCUT2D eigenvalue weighted by Gasteiger charge is 2.08. The van der Waals surface area contributed by atoms with Crippen molar-refractivity contribution in [1.29, 1.82) is 0 Å². The second-order valence-corrected chi connectivity index (χ2v) is 6.10. The van der Waals surface area contributed by atoms with Crippen LogP contribution in [0.15, 0.2) is 79.0 Å². The van der Waals surface area contributed by atoms with Crippen LogP contribution in [0.5, 0.6) is 11.5 Å². The van der Waals surface area contributed by atoms with Gasteiger partial charge >= 0.3 is 0 Å². The first-order chi connectivity index (χ1) is 13.2. The third kappa shape index (κ3) is 3.80. The summed E-state index contributed by atoms with van der Waals surface area (Å²) in [5.41, 5.74) is 3.72. The lowest BCUT2D eigenvalue weighted by Gasteiger charge is -2.07. The van der Waals surface area contributed by atoms with Crippen LogP contribution in [0, 0.1) is 0 Å². The molecule has 27 heavy (non-hydrogen) atoms. The lowest BCUT2D eigenvalue weighted by molar-refractivity contribution is 0.0706. The second-order valence-electron chi connectivity index (χ2n) is 6.10. The highest BCUT2D eigenvalue weighted by Crippen LogP contribution is 2.22. The first kappa shape index (κ1) is 16.8. The molecular weight excluding hydrogens is 342 g/mol. The van der Waals surface area contributed by atoms with Crippen molar-refractivity contribution in [3.05, 3.63) is 90.1 Å². The monoisotopic (exact) mass is 359 g/mol. The predicted molar refractivity (Wildman–Crippen MR) is 101 cm³/mol. The van der Waals surface area contributed by atoms with Crippen molar-refractivity contribution < 1.29 is 14.7 Å². The van der Waals surface area contributed by atoms with Crippen LogP contribution in [0.3, 0.4) is 0 Å². The predicted octanol–water partition coefficient (Wildman–Crippen LogP) is 4.00. The van der Waals surface area contributed by atoms with Gasteiger partial charge in [-0.2, -0.15) is 5.10 Å². The van der Waals surface area contributed by atoms with Crippen molar-refractivity contribution in [2.75, 3.05) is 0 Å². The summed E-state index contributed by atoms with van der Waals surface area (Å²) in [6.45, 7) is 0.572. The minimum absolute atomic E-state index is 0.355. The van der Waals surface area contributed by atoms with E-state index in [-0.39, 0.29) is 0 Å². The minimum atomic E-state index is -0.558. The van der Waals surface area contributed by atoms with Gasteiger partial charge in [0.1, 0.15) is 11.5 Å². The van der Waals surface area contributed by atoms with Gasteiger partial charge in [-0.1, -0.05) is 36.4 Å². The number of nitrogens with zero attached hydrogens (tertiary/aromatic N) is 2. The van der Waals surface area contributed by atoms with Crippen LogP contribution in [0.1, 0.15) is 15.9 Å². The van der Waals surface area contributed by atoms with Gasteiger partial charge in [0.15, 0.2) is 0 Å². The summed E-state index contributed by atoms with van der Waals surface area (Å²) < 4.78 is 7.68. The number of benzene rings is 3. The number of hydrogen-bond donors (Lipinski definition) is 2. The Morgan fingerprint density at radius 3 is 2.63 bits per heavy atom. The number of hydroxylamine groups is 1. The highest BCUT2D eigenvalue weighted by atomic mass is 16.5. The Morgan fingerprint density at radius 1 is 1.00 bits per heavy atom. The van der Waals surface area contributed by atoms with Gasteiger partial charge in [0.2, 0.25) is 0 Å². The van der Waals surface area contributed by atoms with E-state index in [1.165, 1.54) is 0 Å². The average Bonchev–Trinajstić information content (AvgIpc) is 3.09. The number of hydrogen-bond acceptors (Lipinski definition) is 4. The molecule has 0 unspecified atom stereocenters. The van der Waals surface area contributed by atoms with Crippen molar-refractivity contribution in [3.8, 4) is 11.5 Å². The second kappa shape index (κ2) is 7.31. The van der Waals surface area contributed by atoms with Crippen LogP contribution in [0.4, 0.5) is 0 Å². The van der Waals surface area contributed by atoms with Crippen LogP contribution >= 0.6 is 0 Å². The van der Waals surface area contributed by atoms with Gasteiger partial charge in [-0.3, -0.25) is 14.7 Å². The minimum Gasteiger partial charge on any atom is -0.457 e. The maximum Gasteiger partial charge on any atom is 0.274 e. The molecule has 0 aliphatic rings. The normalized spacial score (nSPS) is 10.7. The summed E-state index contributed by atoms with van der Waals surface area (Å²) in [6.07, 6.45) is 1.92. The average molecular weight is 359 g/mol. The molecule has 1 amide bonds. The van der Waals surface area contributed by atoms with Crippen LogP contribution in [0.25, 0.3) is 10.9 Å². The molecule has 4 rings (SSSR count). The van der Waals surface area contributed by atoms with Gasteiger partial charge in [0.05, 0.1) is 12.1 Å². The Bertz CT molecular complexity index is 1090. The number of nitrogens with one attached hydrogen (secondary N) is 1. The number of para-hydroxylation sites is 1. The van der Waals surface area contributed by atoms with Gasteiger partial charge in [-0.05, 0) is 42.0 Å². The van der Waals surface area contributed by atoms with Crippen LogP contribution < -0.4 is 10.2 Å². The van der Waals surface area contributed by atoms with Crippen molar-refractivity contribution in [1.82, 2.24) is 15.3 Å². The molecule has 3 aromatic carbocycles. The lowest BCUT2D eigenvalue weighted by Crippen LogP contribution is -2.18. The van der Waals surface area contributed by atoms with Crippen molar-refractivity contribution in [2.45, 2.75) is 6.54 Å². The zero-order valence-electron chi connectivity index (χ0n) is 14.4. The summed E-state index contributed by atoms with van der Waals surface area (Å²) in [4.78, 5) is 11.5.